The molecular formula is C11H13N3S. The van der Waals surface area contributed by atoms with Gasteiger partial charge in [-0.05, 0) is 24.6 Å². The molecule has 2 heterocycles. The molecule has 3 nitrogen and oxygen atoms in total. The fraction of sp³-hybridized carbons (Fsp3) is 0.182. The van der Waals surface area contributed by atoms with Gasteiger partial charge in [0.1, 0.15) is 0 Å². The molecule has 0 radical (unpaired) electrons. The van der Waals surface area contributed by atoms with Crippen molar-refractivity contribution < 1.29 is 0 Å². The van der Waals surface area contributed by atoms with Crippen molar-refractivity contribution in [3.8, 4) is 0 Å². The molecule has 3 N–H and O–H groups in total. The maximum atomic E-state index is 5.93. The molecule has 1 atom stereocenters. The van der Waals surface area contributed by atoms with Crippen LogP contribution in [0, 0.1) is 0 Å². The molecule has 0 spiro atoms. The normalized spacial score (nSPS) is 12.6. The van der Waals surface area contributed by atoms with E-state index in [1.165, 1.54) is 4.88 Å². The molecule has 0 aromatic carbocycles. The van der Waals surface area contributed by atoms with Crippen molar-refractivity contribution in [2.75, 3.05) is 12.8 Å². The van der Waals surface area contributed by atoms with Crippen LogP contribution in [-0.4, -0.2) is 12.0 Å². The summed E-state index contributed by atoms with van der Waals surface area (Å²) in [5, 5.41) is 5.31. The van der Waals surface area contributed by atoms with Crippen molar-refractivity contribution in [3.63, 3.8) is 0 Å². The molecule has 0 aliphatic carbocycles. The summed E-state index contributed by atoms with van der Waals surface area (Å²) in [7, 11) is 1.93. The molecule has 1 unspecified atom stereocenters. The number of thiophene rings is 1. The molecule has 0 saturated heterocycles. The third kappa shape index (κ3) is 2.00. The van der Waals surface area contributed by atoms with E-state index in [1.807, 2.05) is 25.4 Å². The van der Waals surface area contributed by atoms with Gasteiger partial charge in [-0.2, -0.15) is 0 Å². The number of pyridine rings is 1. The maximum Gasteiger partial charge on any atom is 0.0704 e. The Morgan fingerprint density at radius 1 is 1.47 bits per heavy atom. The number of nitrogens with one attached hydrogen (secondary N) is 1. The molecule has 2 aromatic heterocycles. The van der Waals surface area contributed by atoms with Gasteiger partial charge in [0.05, 0.1) is 6.04 Å². The predicted molar refractivity (Wildman–Crippen MR) is 63.9 cm³/mol. The molecule has 0 fully saturated rings. The van der Waals surface area contributed by atoms with Crippen molar-refractivity contribution in [2.24, 2.45) is 0 Å². The summed E-state index contributed by atoms with van der Waals surface area (Å²) in [6, 6.07) is 6.10. The summed E-state index contributed by atoms with van der Waals surface area (Å²) < 4.78 is 0. The fourth-order valence-corrected chi connectivity index (χ4v) is 2.42. The molecule has 0 bridgehead atoms. The maximum absolute atomic E-state index is 5.93. The topological polar surface area (TPSA) is 50.9 Å². The van der Waals surface area contributed by atoms with Gasteiger partial charge in [0.25, 0.3) is 0 Å². The van der Waals surface area contributed by atoms with Crippen LogP contribution in [-0.2, 0) is 0 Å². The van der Waals surface area contributed by atoms with Crippen LogP contribution in [0.1, 0.15) is 16.5 Å². The summed E-state index contributed by atoms with van der Waals surface area (Å²) in [6.45, 7) is 0. The molecular weight excluding hydrogens is 206 g/mol. The highest BCUT2D eigenvalue weighted by molar-refractivity contribution is 7.10. The van der Waals surface area contributed by atoms with E-state index in [9.17, 15) is 0 Å². The second kappa shape index (κ2) is 4.42. The van der Waals surface area contributed by atoms with Crippen molar-refractivity contribution >= 4 is 17.0 Å². The first kappa shape index (κ1) is 10.1. The van der Waals surface area contributed by atoms with Gasteiger partial charge < -0.3 is 11.1 Å². The van der Waals surface area contributed by atoms with Gasteiger partial charge in [0.15, 0.2) is 0 Å². The molecule has 0 aliphatic rings. The van der Waals surface area contributed by atoms with Crippen LogP contribution in [0.25, 0.3) is 0 Å². The predicted octanol–water partition coefficient (Wildman–Crippen LogP) is 2.03. The minimum Gasteiger partial charge on any atom is -0.398 e. The van der Waals surface area contributed by atoms with Crippen molar-refractivity contribution in [1.82, 2.24) is 10.3 Å². The molecule has 0 saturated carbocycles. The Labute approximate surface area is 93.0 Å². The first-order valence-corrected chi connectivity index (χ1v) is 5.61. The van der Waals surface area contributed by atoms with Crippen LogP contribution in [0.5, 0.6) is 0 Å². The average molecular weight is 219 g/mol. The lowest BCUT2D eigenvalue weighted by molar-refractivity contribution is 0.703. The highest BCUT2D eigenvalue weighted by atomic mass is 32.1. The lowest BCUT2D eigenvalue weighted by Gasteiger charge is -2.16. The quantitative estimate of drug-likeness (QED) is 0.830. The van der Waals surface area contributed by atoms with Crippen LogP contribution in [0.2, 0.25) is 0 Å². The molecule has 0 aliphatic heterocycles. The first-order valence-electron chi connectivity index (χ1n) is 4.73. The Hall–Kier alpha value is -1.39. The molecule has 4 heteroatoms. The zero-order valence-corrected chi connectivity index (χ0v) is 9.29. The second-order valence-electron chi connectivity index (χ2n) is 3.24. The Bertz CT molecular complexity index is 425. The molecule has 78 valence electrons. The number of hydrogen-bond donors (Lipinski definition) is 2. The fourth-order valence-electron chi connectivity index (χ4n) is 1.57. The lowest BCUT2D eigenvalue weighted by atomic mass is 10.1. The highest BCUT2D eigenvalue weighted by Gasteiger charge is 2.15. The summed E-state index contributed by atoms with van der Waals surface area (Å²) in [5.74, 6) is 0. The van der Waals surface area contributed by atoms with Gasteiger partial charge in [0.2, 0.25) is 0 Å². The Kier molecular flexibility index (Phi) is 2.99. The summed E-state index contributed by atoms with van der Waals surface area (Å²) >= 11 is 1.71. The zero-order chi connectivity index (χ0) is 10.7. The smallest absolute Gasteiger partial charge is 0.0704 e. The van der Waals surface area contributed by atoms with Crippen molar-refractivity contribution in [1.29, 1.82) is 0 Å². The molecule has 0 amide bonds. The van der Waals surface area contributed by atoms with Gasteiger partial charge >= 0.3 is 0 Å². The van der Waals surface area contributed by atoms with Crippen molar-refractivity contribution in [3.05, 3.63) is 46.4 Å². The zero-order valence-electron chi connectivity index (χ0n) is 8.47. The van der Waals surface area contributed by atoms with Gasteiger partial charge in [0, 0.05) is 28.5 Å². The number of aromatic nitrogens is 1. The Morgan fingerprint density at radius 3 is 2.93 bits per heavy atom. The SMILES string of the molecule is CNC(c1cccs1)c1cnccc1N. The number of rotatable bonds is 3. The molecule has 15 heavy (non-hydrogen) atoms. The van der Waals surface area contributed by atoms with E-state index >= 15 is 0 Å². The minimum atomic E-state index is 0.138. The summed E-state index contributed by atoms with van der Waals surface area (Å²) in [5.41, 5.74) is 7.73. The average Bonchev–Trinajstić information content (AvgIpc) is 2.75. The number of anilines is 1. The Morgan fingerprint density at radius 2 is 2.33 bits per heavy atom. The third-order valence-electron chi connectivity index (χ3n) is 2.31. The van der Waals surface area contributed by atoms with E-state index in [2.05, 4.69) is 21.7 Å². The van der Waals surface area contributed by atoms with Crippen LogP contribution >= 0.6 is 11.3 Å². The molecule has 2 aromatic rings. The van der Waals surface area contributed by atoms with Crippen LogP contribution in [0.4, 0.5) is 5.69 Å². The lowest BCUT2D eigenvalue weighted by Crippen LogP contribution is -2.18. The molecule has 2 rings (SSSR count). The van der Waals surface area contributed by atoms with Crippen LogP contribution < -0.4 is 11.1 Å². The summed E-state index contributed by atoms with van der Waals surface area (Å²) in [6.07, 6.45) is 3.52. The van der Waals surface area contributed by atoms with E-state index in [1.54, 1.807) is 17.5 Å². The number of nitrogens with two attached hydrogens (primary N) is 1. The second-order valence-corrected chi connectivity index (χ2v) is 4.22. The van der Waals surface area contributed by atoms with E-state index in [0.29, 0.717) is 0 Å². The standard InChI is InChI=1S/C11H13N3S/c1-13-11(10-3-2-6-15-10)8-7-14-5-4-9(8)12/h2-7,11,13H,1H3,(H2,12,14). The third-order valence-corrected chi connectivity index (χ3v) is 3.25. The van der Waals surface area contributed by atoms with Gasteiger partial charge in [-0.1, -0.05) is 6.07 Å². The van der Waals surface area contributed by atoms with Gasteiger partial charge in [-0.25, -0.2) is 0 Å². The van der Waals surface area contributed by atoms with Crippen LogP contribution in [0.3, 0.4) is 0 Å². The number of nitrogen functional groups attached to an aromatic ring is 1. The minimum absolute atomic E-state index is 0.138. The summed E-state index contributed by atoms with van der Waals surface area (Å²) in [4.78, 5) is 5.36. The largest absolute Gasteiger partial charge is 0.398 e. The number of hydrogen-bond acceptors (Lipinski definition) is 4. The van der Waals surface area contributed by atoms with E-state index in [4.69, 9.17) is 5.73 Å². The van der Waals surface area contributed by atoms with E-state index in [-0.39, 0.29) is 6.04 Å². The van der Waals surface area contributed by atoms with E-state index < -0.39 is 0 Å². The van der Waals surface area contributed by atoms with Gasteiger partial charge in [-0.15, -0.1) is 11.3 Å². The number of nitrogens with zero attached hydrogens (tertiary/aromatic N) is 1. The Balaban J connectivity index is 2.40. The monoisotopic (exact) mass is 219 g/mol. The highest BCUT2D eigenvalue weighted by Crippen LogP contribution is 2.28. The van der Waals surface area contributed by atoms with Crippen molar-refractivity contribution in [2.45, 2.75) is 6.04 Å². The van der Waals surface area contributed by atoms with Gasteiger partial charge in [-0.3, -0.25) is 4.98 Å². The van der Waals surface area contributed by atoms with E-state index in [0.717, 1.165) is 11.3 Å². The van der Waals surface area contributed by atoms with Crippen LogP contribution in [0.15, 0.2) is 36.0 Å². The first-order chi connectivity index (χ1) is 7.33.